The molecule has 5 aliphatic rings. The van der Waals surface area contributed by atoms with E-state index in [1.807, 2.05) is 111 Å². The lowest BCUT2D eigenvalue weighted by Crippen LogP contribution is -2.42. The van der Waals surface area contributed by atoms with Crippen molar-refractivity contribution < 1.29 is 22.1 Å². The summed E-state index contributed by atoms with van der Waals surface area (Å²) in [6.45, 7) is 26.2. The molecular weight excluding hydrogens is 1640 g/mol. The maximum Gasteiger partial charge on any atom is 0.178 e. The second-order valence-corrected chi connectivity index (χ2v) is 35.3. The minimum atomic E-state index is 0.106. The number of para-hydroxylation sites is 8. The van der Waals surface area contributed by atoms with E-state index in [2.05, 4.69) is 354 Å². The molecule has 132 heavy (non-hydrogen) atoms. The van der Waals surface area contributed by atoms with Gasteiger partial charge >= 0.3 is 0 Å². The van der Waals surface area contributed by atoms with Crippen molar-refractivity contribution in [1.82, 2.24) is 24.9 Å². The summed E-state index contributed by atoms with van der Waals surface area (Å²) in [6.07, 6.45) is 9.77. The summed E-state index contributed by atoms with van der Waals surface area (Å²) in [5, 5.41) is 11.5. The number of fused-ring (bicyclic) bond motifs is 20. The van der Waals surface area contributed by atoms with Gasteiger partial charge < -0.3 is 66.2 Å². The van der Waals surface area contributed by atoms with Crippen molar-refractivity contribution >= 4 is 201 Å². The van der Waals surface area contributed by atoms with Crippen molar-refractivity contribution in [2.24, 2.45) is 0 Å². The number of furan rings is 5. The lowest BCUT2D eigenvalue weighted by atomic mass is 10.1. The van der Waals surface area contributed by atoms with Gasteiger partial charge in [-0.1, -0.05) is 182 Å². The Labute approximate surface area is 765 Å². The molecule has 0 saturated heterocycles. The molecule has 0 spiro atoms. The highest BCUT2D eigenvalue weighted by molar-refractivity contribution is 6.16. The maximum absolute atomic E-state index is 6.42. The Morgan fingerprint density at radius 3 is 0.932 bits per heavy atom. The van der Waals surface area contributed by atoms with E-state index in [1.165, 1.54) is 45.0 Å². The number of pyridine rings is 3. The summed E-state index contributed by atoms with van der Waals surface area (Å²) in [7, 11) is 6.25. The second-order valence-electron chi connectivity index (χ2n) is 35.3. The van der Waals surface area contributed by atoms with E-state index in [9.17, 15) is 0 Å². The number of rotatable bonds is 7. The molecule has 20 nitrogen and oxygen atoms in total. The zero-order valence-electron chi connectivity index (χ0n) is 76.6. The van der Waals surface area contributed by atoms with E-state index in [1.54, 1.807) is 12.4 Å². The third-order valence-electron chi connectivity index (χ3n) is 27.4. The first-order chi connectivity index (χ1) is 64.3. The molecule has 0 bridgehead atoms. The number of nitrogens with zero attached hydrogens (tertiary/aromatic N) is 15. The van der Waals surface area contributed by atoms with Crippen LogP contribution in [-0.4, -0.2) is 82.9 Å². The quantitative estimate of drug-likeness (QED) is 0.148. The summed E-state index contributed by atoms with van der Waals surface area (Å²) in [6, 6.07) is 94.9. The normalized spacial score (nSPS) is 16.6. The molecule has 21 aromatic rings. The third kappa shape index (κ3) is 13.0. The van der Waals surface area contributed by atoms with Crippen molar-refractivity contribution in [3.63, 3.8) is 0 Å². The van der Waals surface area contributed by atoms with Gasteiger partial charge in [0.15, 0.2) is 57.0 Å². The van der Waals surface area contributed by atoms with Gasteiger partial charge in [-0.2, -0.15) is 0 Å². The van der Waals surface area contributed by atoms with Crippen LogP contribution >= 0.6 is 0 Å². The highest BCUT2D eigenvalue weighted by Gasteiger charge is 2.43. The molecule has 12 aromatic carbocycles. The Kier molecular flexibility index (Phi) is 20.1. The number of aryl methyl sites for hydroxylation is 5. The van der Waals surface area contributed by atoms with Crippen LogP contribution in [0.15, 0.2) is 326 Å². The average Bonchev–Trinajstić information content (AvgIpc) is 1.58. The van der Waals surface area contributed by atoms with Gasteiger partial charge in [0.1, 0.15) is 58.7 Å². The summed E-state index contributed by atoms with van der Waals surface area (Å²) >= 11 is 0. The zero-order chi connectivity index (χ0) is 90.3. The SMILES string of the molecule is Cc1ccc2c(oc3ccccc32)c1N1c2ccccc2N(c2ccccc2)[C@@H]1C.Cc1ccc2c(oc3ccccc32)c1N1c2cccnc2N(C)[C@@H]1C.Cc1ccc2c(oc3ccccc32)c1N1c2ncccc2N(C(C)C)[C@@H]1C.Cc1ccc2c(oc3ccccc32)c1N1c2ncccc2N(C)[C@@H]1C.Cc1ccc2c(oc3ccccc32)c1N1c2nccnc2N(C)[C@@H]1C. The summed E-state index contributed by atoms with van der Waals surface area (Å²) in [5.74, 6) is 4.74. The maximum atomic E-state index is 6.42. The first kappa shape index (κ1) is 81.9. The predicted octanol–water partition coefficient (Wildman–Crippen LogP) is 28.6. The van der Waals surface area contributed by atoms with Crippen LogP contribution < -0.4 is 49.0 Å². The number of hydrogen-bond acceptors (Lipinski definition) is 20. The molecule has 5 atom stereocenters. The fourth-order valence-electron chi connectivity index (χ4n) is 20.7. The minimum Gasteiger partial charge on any atom is -0.454 e. The Hall–Kier alpha value is -15.8. The molecule has 0 radical (unpaired) electrons. The van der Waals surface area contributed by atoms with Crippen molar-refractivity contribution in [2.45, 2.75) is 120 Å². The fourth-order valence-corrected chi connectivity index (χ4v) is 20.7. The molecule has 20 heteroatoms. The number of anilines is 16. The average molecular weight is 1740 g/mol. The van der Waals surface area contributed by atoms with E-state index in [0.717, 1.165) is 184 Å². The molecule has 26 rings (SSSR count). The van der Waals surface area contributed by atoms with Crippen LogP contribution in [0.4, 0.5) is 91.7 Å². The molecule has 14 heterocycles. The second kappa shape index (κ2) is 32.4. The highest BCUT2D eigenvalue weighted by atomic mass is 16.3. The Morgan fingerprint density at radius 1 is 0.227 bits per heavy atom. The molecule has 0 amide bonds. The van der Waals surface area contributed by atoms with Gasteiger partial charge in [-0.15, -0.1) is 0 Å². The lowest BCUT2D eigenvalue weighted by Gasteiger charge is -2.33. The van der Waals surface area contributed by atoms with Crippen LogP contribution in [0.1, 0.15) is 76.3 Å². The van der Waals surface area contributed by atoms with E-state index < -0.39 is 0 Å². The molecule has 0 N–H and O–H groups in total. The van der Waals surface area contributed by atoms with E-state index in [-0.39, 0.29) is 30.8 Å². The molecule has 0 unspecified atom stereocenters. The van der Waals surface area contributed by atoms with Crippen LogP contribution in [-0.2, 0) is 0 Å². The predicted molar refractivity (Wildman–Crippen MR) is 543 cm³/mol. The molecule has 654 valence electrons. The number of aromatic nitrogens is 5. The van der Waals surface area contributed by atoms with Crippen LogP contribution in [0.3, 0.4) is 0 Å². The Morgan fingerprint density at radius 2 is 0.515 bits per heavy atom. The van der Waals surface area contributed by atoms with Crippen molar-refractivity contribution in [2.75, 3.05) is 70.1 Å². The standard InChI is InChI=1S/C27H22N2O.C23H23N3O.2C21H19N3O.C20H18N4O/c1-18-16-17-22-21-12-6-9-15-25(21)30-27(22)26(18)29-19(2)28(20-10-4-3-5-11-20)23-13-7-8-14-24(23)29;1-14(2)25-16(4)26(23-19(25)9-7-13-24-23)21-15(3)11-12-18-17-8-5-6-10-20(17)27-22(18)21;1-13-10-11-16-15-7-4-5-9-18(15)25-20(16)19(13)24-14(2)23(3)21-17(24)8-6-12-22-21;1-13-10-11-16-15-7-4-5-9-18(15)25-20(16)19(13)24-14(2)23(3)17-8-6-12-22-21(17)24;1-12-8-9-15-14-6-4-5-7-16(14)25-18(15)17(12)24-13(2)23(3)19-20(24)22-11-10-21-19/h3-17,19H,1-2H3;5-14,16H,1-4H3;2*4-12,14H,1-3H3;4-11,13H,1-3H3/t19-;16-;2*14-;13-/m00000/s1. The van der Waals surface area contributed by atoms with Gasteiger partial charge in [0.25, 0.3) is 0 Å². The van der Waals surface area contributed by atoms with E-state index in [4.69, 9.17) is 27.1 Å². The van der Waals surface area contributed by atoms with E-state index >= 15 is 0 Å². The summed E-state index contributed by atoms with van der Waals surface area (Å²) in [4.78, 5) is 46.1. The van der Waals surface area contributed by atoms with Crippen molar-refractivity contribution in [3.8, 4) is 0 Å². The van der Waals surface area contributed by atoms with Gasteiger partial charge in [0.2, 0.25) is 0 Å². The van der Waals surface area contributed by atoms with Crippen molar-refractivity contribution in [1.29, 1.82) is 0 Å². The molecule has 9 aromatic heterocycles. The van der Waals surface area contributed by atoms with E-state index in [0.29, 0.717) is 6.04 Å². The third-order valence-corrected chi connectivity index (χ3v) is 27.4. The van der Waals surface area contributed by atoms with Crippen molar-refractivity contribution in [3.05, 3.63) is 332 Å². The van der Waals surface area contributed by atoms with Gasteiger partial charge in [-0.25, -0.2) is 24.9 Å². The zero-order valence-corrected chi connectivity index (χ0v) is 76.6. The molecular formula is C112H101N15O5. The highest BCUT2D eigenvalue weighted by Crippen LogP contribution is 2.55. The number of hydrogen-bond donors (Lipinski definition) is 0. The largest absolute Gasteiger partial charge is 0.454 e. The fraction of sp³-hybridized carbons (Fsp3) is 0.188. The molecule has 0 fully saturated rings. The first-order valence-electron chi connectivity index (χ1n) is 45.4. The monoisotopic (exact) mass is 1740 g/mol. The van der Waals surface area contributed by atoms with Gasteiger partial charge in [0.05, 0.1) is 56.9 Å². The Balaban J connectivity index is 0.0000000966. The minimum absolute atomic E-state index is 0.106. The first-order valence-corrected chi connectivity index (χ1v) is 45.4. The van der Waals surface area contributed by atoms with Gasteiger partial charge in [-0.3, -0.25) is 4.90 Å². The van der Waals surface area contributed by atoms with Crippen LogP contribution in [0, 0.1) is 34.6 Å². The molecule has 5 aliphatic heterocycles. The smallest absolute Gasteiger partial charge is 0.178 e. The number of benzene rings is 12. The van der Waals surface area contributed by atoms with Gasteiger partial charge in [-0.05, 0) is 202 Å². The summed E-state index contributed by atoms with van der Waals surface area (Å²) < 4.78 is 31.6. The molecule has 0 saturated carbocycles. The lowest BCUT2D eigenvalue weighted by molar-refractivity contribution is 0.602. The topological polar surface area (TPSA) is 163 Å². The Bertz CT molecular complexity index is 7650. The van der Waals surface area contributed by atoms with Crippen LogP contribution in [0.25, 0.3) is 110 Å². The molecule has 0 aliphatic carbocycles. The van der Waals surface area contributed by atoms with Crippen LogP contribution in [0.2, 0.25) is 0 Å². The summed E-state index contributed by atoms with van der Waals surface area (Å²) in [5.41, 5.74) is 27.8. The van der Waals surface area contributed by atoms with Crippen LogP contribution in [0.5, 0.6) is 0 Å². The van der Waals surface area contributed by atoms with Gasteiger partial charge in [0, 0.05) is 118 Å².